The predicted octanol–water partition coefficient (Wildman–Crippen LogP) is 5.50. The number of H-pyrrole nitrogens is 2. The van der Waals surface area contributed by atoms with Crippen LogP contribution in [-0.2, 0) is 4.79 Å². The Bertz CT molecular complexity index is 1760. The average molecular weight is 493 g/mol. The van der Waals surface area contributed by atoms with Crippen molar-refractivity contribution in [1.82, 2.24) is 35.1 Å². The van der Waals surface area contributed by atoms with Gasteiger partial charge in [0.1, 0.15) is 22.5 Å². The first-order valence-corrected chi connectivity index (χ1v) is 11.8. The quantitative estimate of drug-likeness (QED) is 0.282. The molecule has 0 radical (unpaired) electrons. The van der Waals surface area contributed by atoms with Crippen molar-refractivity contribution in [3.63, 3.8) is 0 Å². The average Bonchev–Trinajstić information content (AvgIpc) is 3.54. The molecule has 9 nitrogen and oxygen atoms in total. The minimum absolute atomic E-state index is 0.0927. The smallest absolute Gasteiger partial charge is 0.224 e. The van der Waals surface area contributed by atoms with E-state index in [1.807, 2.05) is 31.2 Å². The summed E-state index contributed by atoms with van der Waals surface area (Å²) in [5.74, 6) is -0.0891. The van der Waals surface area contributed by atoms with Crippen LogP contribution in [0.5, 0.6) is 0 Å². The summed E-state index contributed by atoms with van der Waals surface area (Å²) in [6, 6.07) is 10.7. The molecule has 0 fully saturated rings. The number of aromatic nitrogens is 7. The number of carbonyl (C=O) groups excluding carboxylic acids is 1. The fourth-order valence-electron chi connectivity index (χ4n) is 4.33. The number of carbonyl (C=O) groups is 1. The second-order valence-corrected chi connectivity index (χ2v) is 8.59. The Morgan fingerprint density at radius 1 is 1.00 bits per heavy atom. The molecule has 182 valence electrons. The highest BCUT2D eigenvalue weighted by molar-refractivity contribution is 5.98. The molecule has 1 amide bonds. The number of benzene rings is 1. The number of amides is 1. The van der Waals surface area contributed by atoms with Crippen LogP contribution in [-0.4, -0.2) is 41.0 Å². The van der Waals surface area contributed by atoms with Crippen molar-refractivity contribution in [1.29, 1.82) is 0 Å². The molecule has 0 aliphatic rings. The molecule has 5 heterocycles. The molecule has 0 aliphatic heterocycles. The fraction of sp³-hybridized carbons (Fsp3) is 0.111. The van der Waals surface area contributed by atoms with Crippen LogP contribution >= 0.6 is 0 Å². The molecular formula is C27H21FN8O. The van der Waals surface area contributed by atoms with Crippen molar-refractivity contribution >= 4 is 33.7 Å². The zero-order valence-electron chi connectivity index (χ0n) is 19.8. The minimum Gasteiger partial charge on any atom is -0.325 e. The maximum Gasteiger partial charge on any atom is 0.224 e. The Balaban J connectivity index is 1.43. The summed E-state index contributed by atoms with van der Waals surface area (Å²) in [4.78, 5) is 32.7. The van der Waals surface area contributed by atoms with Crippen molar-refractivity contribution in [2.24, 2.45) is 0 Å². The van der Waals surface area contributed by atoms with E-state index < -0.39 is 5.82 Å². The molecule has 3 N–H and O–H groups in total. The van der Waals surface area contributed by atoms with E-state index in [0.29, 0.717) is 51.3 Å². The standard InChI is InChI=1S/C27H21FN8O/c1-2-3-22(37)32-18-10-17(13-30-14-18)16-11-20-23(21(28)12-16)35-36-25(20)27-33-24-19(6-9-31-26(24)34-27)15-4-7-29-8-5-15/h4-14H,2-3H2,1H3,(H,32,37)(H,35,36)(H,31,33,34). The lowest BCUT2D eigenvalue weighted by molar-refractivity contribution is -0.116. The van der Waals surface area contributed by atoms with Gasteiger partial charge in [0.2, 0.25) is 5.91 Å². The van der Waals surface area contributed by atoms with Crippen LogP contribution in [0.4, 0.5) is 10.1 Å². The number of nitrogens with one attached hydrogen (secondary N) is 3. The van der Waals surface area contributed by atoms with Gasteiger partial charge in [-0.25, -0.2) is 14.4 Å². The number of fused-ring (bicyclic) bond motifs is 2. The largest absolute Gasteiger partial charge is 0.325 e. The third-order valence-corrected chi connectivity index (χ3v) is 6.06. The zero-order valence-corrected chi connectivity index (χ0v) is 19.8. The number of aromatic amines is 2. The van der Waals surface area contributed by atoms with Gasteiger partial charge in [-0.15, -0.1) is 0 Å². The normalized spacial score (nSPS) is 11.3. The molecule has 0 spiro atoms. The number of halogens is 1. The molecule has 37 heavy (non-hydrogen) atoms. The van der Waals surface area contributed by atoms with E-state index in [1.54, 1.807) is 37.1 Å². The summed E-state index contributed by atoms with van der Waals surface area (Å²) in [6.07, 6.45) is 9.50. The Morgan fingerprint density at radius 2 is 1.86 bits per heavy atom. The van der Waals surface area contributed by atoms with Crippen molar-refractivity contribution in [3.05, 3.63) is 73.2 Å². The van der Waals surface area contributed by atoms with E-state index in [9.17, 15) is 4.79 Å². The summed E-state index contributed by atoms with van der Waals surface area (Å²) in [7, 11) is 0. The van der Waals surface area contributed by atoms with E-state index in [0.717, 1.165) is 17.5 Å². The minimum atomic E-state index is -0.460. The van der Waals surface area contributed by atoms with Crippen LogP contribution in [0.15, 0.2) is 67.4 Å². The SMILES string of the molecule is CCCC(=O)Nc1cncc(-c2cc(F)c3[nH]nc(-c4nc5c(-c6ccncc6)ccnc5[nH]4)c3c2)c1. The Hall–Kier alpha value is -4.99. The van der Waals surface area contributed by atoms with Crippen molar-refractivity contribution in [2.75, 3.05) is 5.32 Å². The molecule has 0 aliphatic carbocycles. The third kappa shape index (κ3) is 4.18. The molecule has 1 aromatic carbocycles. The summed E-state index contributed by atoms with van der Waals surface area (Å²) >= 11 is 0. The Kier molecular flexibility index (Phi) is 5.61. The van der Waals surface area contributed by atoms with Crippen LogP contribution in [0, 0.1) is 5.82 Å². The van der Waals surface area contributed by atoms with E-state index in [-0.39, 0.29) is 11.4 Å². The van der Waals surface area contributed by atoms with Gasteiger partial charge in [0, 0.05) is 47.7 Å². The van der Waals surface area contributed by atoms with Gasteiger partial charge in [0.25, 0.3) is 0 Å². The highest BCUT2D eigenvalue weighted by Gasteiger charge is 2.19. The van der Waals surface area contributed by atoms with Gasteiger partial charge in [-0.3, -0.25) is 19.9 Å². The molecule has 0 unspecified atom stereocenters. The summed E-state index contributed by atoms with van der Waals surface area (Å²) < 4.78 is 15.2. The van der Waals surface area contributed by atoms with Gasteiger partial charge >= 0.3 is 0 Å². The lowest BCUT2D eigenvalue weighted by Crippen LogP contribution is -2.10. The first kappa shape index (κ1) is 22.5. The third-order valence-electron chi connectivity index (χ3n) is 6.06. The number of hydrogen-bond acceptors (Lipinski definition) is 6. The van der Waals surface area contributed by atoms with E-state index in [2.05, 4.69) is 35.5 Å². The van der Waals surface area contributed by atoms with Crippen LogP contribution in [0.25, 0.3) is 55.8 Å². The first-order chi connectivity index (χ1) is 18.1. The van der Waals surface area contributed by atoms with E-state index in [4.69, 9.17) is 4.98 Å². The molecule has 0 saturated heterocycles. The number of rotatable bonds is 6. The summed E-state index contributed by atoms with van der Waals surface area (Å²) in [5, 5.41) is 10.5. The number of imidazole rings is 1. The lowest BCUT2D eigenvalue weighted by Gasteiger charge is -2.07. The Labute approximate surface area is 210 Å². The first-order valence-electron chi connectivity index (χ1n) is 11.8. The van der Waals surface area contributed by atoms with Crippen LogP contribution < -0.4 is 5.32 Å². The lowest BCUT2D eigenvalue weighted by atomic mass is 10.0. The highest BCUT2D eigenvalue weighted by atomic mass is 19.1. The topological polar surface area (TPSA) is 125 Å². The molecule has 0 saturated carbocycles. The molecule has 0 atom stereocenters. The predicted molar refractivity (Wildman–Crippen MR) is 139 cm³/mol. The second-order valence-electron chi connectivity index (χ2n) is 8.59. The number of pyridine rings is 3. The highest BCUT2D eigenvalue weighted by Crippen LogP contribution is 2.34. The Morgan fingerprint density at radius 3 is 2.70 bits per heavy atom. The zero-order chi connectivity index (χ0) is 25.4. The van der Waals surface area contributed by atoms with Gasteiger partial charge in [-0.05, 0) is 53.9 Å². The number of anilines is 1. The van der Waals surface area contributed by atoms with Gasteiger partial charge in [-0.1, -0.05) is 6.92 Å². The summed E-state index contributed by atoms with van der Waals surface area (Å²) in [6.45, 7) is 1.94. The van der Waals surface area contributed by atoms with Gasteiger partial charge in [0.05, 0.1) is 11.9 Å². The van der Waals surface area contributed by atoms with E-state index in [1.165, 1.54) is 6.07 Å². The fourth-order valence-corrected chi connectivity index (χ4v) is 4.33. The number of nitrogens with zero attached hydrogens (tertiary/aromatic N) is 5. The molecule has 10 heteroatoms. The van der Waals surface area contributed by atoms with Gasteiger partial charge < -0.3 is 10.3 Å². The van der Waals surface area contributed by atoms with E-state index >= 15 is 4.39 Å². The van der Waals surface area contributed by atoms with Gasteiger partial charge in [-0.2, -0.15) is 5.10 Å². The maximum absolute atomic E-state index is 15.2. The molecule has 6 rings (SSSR count). The van der Waals surface area contributed by atoms with Gasteiger partial charge in [0.15, 0.2) is 11.5 Å². The van der Waals surface area contributed by atoms with Crippen LogP contribution in [0.1, 0.15) is 19.8 Å². The monoisotopic (exact) mass is 492 g/mol. The molecule has 6 aromatic rings. The second kappa shape index (κ2) is 9.23. The van der Waals surface area contributed by atoms with Crippen molar-refractivity contribution in [2.45, 2.75) is 19.8 Å². The molecule has 0 bridgehead atoms. The summed E-state index contributed by atoms with van der Waals surface area (Å²) in [5.41, 5.74) is 5.67. The number of hydrogen-bond donors (Lipinski definition) is 3. The van der Waals surface area contributed by atoms with Crippen LogP contribution in [0.3, 0.4) is 0 Å². The van der Waals surface area contributed by atoms with Crippen molar-refractivity contribution in [3.8, 4) is 33.8 Å². The van der Waals surface area contributed by atoms with Crippen molar-refractivity contribution < 1.29 is 9.18 Å². The molecule has 5 aromatic heterocycles. The molecular weight excluding hydrogens is 471 g/mol. The maximum atomic E-state index is 15.2. The van der Waals surface area contributed by atoms with Crippen LogP contribution in [0.2, 0.25) is 0 Å².